The highest BCUT2D eigenvalue weighted by Gasteiger charge is 2.51. The molecule has 4 amide bonds. The van der Waals surface area contributed by atoms with E-state index in [2.05, 4.69) is 10.6 Å². The summed E-state index contributed by atoms with van der Waals surface area (Å²) in [5, 5.41) is 15.6. The second-order valence-electron chi connectivity index (χ2n) is 8.65. The molecule has 0 aromatic rings. The van der Waals surface area contributed by atoms with Crippen LogP contribution in [0.1, 0.15) is 48.5 Å². The number of imide groups is 1. The second kappa shape index (κ2) is 7.29. The number of carbonyl (C=O) groups is 3. The Morgan fingerprint density at radius 2 is 1.68 bits per heavy atom. The number of aliphatic hydroxyl groups excluding tert-OH is 1. The fourth-order valence-corrected chi connectivity index (χ4v) is 2.92. The summed E-state index contributed by atoms with van der Waals surface area (Å²) in [7, 11) is 1.48. The topological polar surface area (TPSA) is 102 Å². The Morgan fingerprint density at radius 3 is 2.08 bits per heavy atom. The van der Waals surface area contributed by atoms with Gasteiger partial charge >= 0.3 is 6.03 Å². The molecule has 1 aliphatic rings. The summed E-state index contributed by atoms with van der Waals surface area (Å²) in [4.78, 5) is 40.4. The number of hydrogen-bond acceptors (Lipinski definition) is 5. The zero-order valence-electron chi connectivity index (χ0n) is 16.5. The smallest absolute Gasteiger partial charge is 0.327 e. The Balaban J connectivity index is 3.17. The molecule has 0 radical (unpaired) electrons. The molecule has 8 nitrogen and oxygen atoms in total. The van der Waals surface area contributed by atoms with Gasteiger partial charge in [-0.15, -0.1) is 0 Å². The van der Waals surface area contributed by atoms with Gasteiger partial charge in [0.05, 0.1) is 18.7 Å². The predicted molar refractivity (Wildman–Crippen MR) is 94.9 cm³/mol. The average molecular weight is 356 g/mol. The molecule has 8 heteroatoms. The number of nitrogens with zero attached hydrogens (tertiary/aromatic N) is 2. The quantitative estimate of drug-likeness (QED) is 0.672. The second-order valence-corrected chi connectivity index (χ2v) is 8.65. The first-order valence-electron chi connectivity index (χ1n) is 8.50. The lowest BCUT2D eigenvalue weighted by Gasteiger charge is -2.31. The molecule has 0 spiro atoms. The van der Waals surface area contributed by atoms with Crippen molar-refractivity contribution in [2.24, 2.45) is 0 Å². The van der Waals surface area contributed by atoms with Gasteiger partial charge in [-0.1, -0.05) is 0 Å². The fraction of sp³-hybridized carbons (Fsp3) is 0.824. The third-order valence-electron chi connectivity index (χ3n) is 3.86. The van der Waals surface area contributed by atoms with Crippen LogP contribution in [0.15, 0.2) is 0 Å². The lowest BCUT2D eigenvalue weighted by atomic mass is 10.0. The first-order chi connectivity index (χ1) is 11.2. The molecule has 0 saturated carbocycles. The van der Waals surface area contributed by atoms with Gasteiger partial charge in [-0.2, -0.15) is 0 Å². The molecular formula is C17H32N4O4. The van der Waals surface area contributed by atoms with Gasteiger partial charge in [0, 0.05) is 18.1 Å². The molecule has 0 aromatic carbocycles. The average Bonchev–Trinajstić information content (AvgIpc) is 2.66. The van der Waals surface area contributed by atoms with Crippen molar-refractivity contribution in [2.45, 2.75) is 77.7 Å². The fourth-order valence-electron chi connectivity index (χ4n) is 2.92. The van der Waals surface area contributed by atoms with Crippen molar-refractivity contribution in [1.29, 1.82) is 0 Å². The molecule has 3 N–H and O–H groups in total. The SMILES string of the molecule is CC(NC(C)(C)C)C(=O)N1C(=O)N(C)[C@@H](CO)[C@H]1C(=O)NC(C)(C)C. The van der Waals surface area contributed by atoms with Crippen LogP contribution < -0.4 is 10.6 Å². The van der Waals surface area contributed by atoms with Crippen molar-refractivity contribution < 1.29 is 19.5 Å². The Bertz CT molecular complexity index is 536. The van der Waals surface area contributed by atoms with Crippen molar-refractivity contribution >= 4 is 17.8 Å². The van der Waals surface area contributed by atoms with Crippen LogP contribution in [0.2, 0.25) is 0 Å². The van der Waals surface area contributed by atoms with Gasteiger partial charge in [-0.25, -0.2) is 9.69 Å². The van der Waals surface area contributed by atoms with E-state index in [1.165, 1.54) is 11.9 Å². The molecule has 144 valence electrons. The maximum absolute atomic E-state index is 12.9. The van der Waals surface area contributed by atoms with Crippen LogP contribution in [0.25, 0.3) is 0 Å². The highest BCUT2D eigenvalue weighted by molar-refractivity contribution is 6.04. The number of rotatable bonds is 4. The Hall–Kier alpha value is -1.67. The van der Waals surface area contributed by atoms with Crippen LogP contribution in [-0.4, -0.2) is 75.6 Å². The largest absolute Gasteiger partial charge is 0.394 e. The molecule has 1 fully saturated rings. The monoisotopic (exact) mass is 356 g/mol. The van der Waals surface area contributed by atoms with Crippen molar-refractivity contribution in [1.82, 2.24) is 20.4 Å². The Morgan fingerprint density at radius 1 is 1.16 bits per heavy atom. The first-order valence-corrected chi connectivity index (χ1v) is 8.50. The van der Waals surface area contributed by atoms with Gasteiger partial charge in [-0.3, -0.25) is 9.59 Å². The van der Waals surface area contributed by atoms with Crippen molar-refractivity contribution in [3.05, 3.63) is 0 Å². The van der Waals surface area contributed by atoms with Crippen molar-refractivity contribution in [3.8, 4) is 0 Å². The highest BCUT2D eigenvalue weighted by atomic mass is 16.3. The number of hydrogen-bond donors (Lipinski definition) is 3. The van der Waals surface area contributed by atoms with Crippen molar-refractivity contribution in [3.63, 3.8) is 0 Å². The summed E-state index contributed by atoms with van der Waals surface area (Å²) in [6.45, 7) is 12.4. The standard InChI is InChI=1S/C17H32N4O4/c1-10(18-16(2,3)4)14(24)21-12(13(23)19-17(5,6)7)11(9-22)20(8)15(21)25/h10-12,18,22H,9H2,1-8H3,(H,19,23)/t10?,11-,12-/m0/s1. The molecule has 1 rings (SSSR count). The predicted octanol–water partition coefficient (Wildman–Crippen LogP) is 0.301. The van der Waals surface area contributed by atoms with Crippen LogP contribution in [0, 0.1) is 0 Å². The minimum absolute atomic E-state index is 0.330. The summed E-state index contributed by atoms with van der Waals surface area (Å²) < 4.78 is 0. The summed E-state index contributed by atoms with van der Waals surface area (Å²) in [6.07, 6.45) is 0. The maximum atomic E-state index is 12.9. The highest BCUT2D eigenvalue weighted by Crippen LogP contribution is 2.24. The minimum Gasteiger partial charge on any atom is -0.394 e. The maximum Gasteiger partial charge on any atom is 0.327 e. The minimum atomic E-state index is -1.07. The normalized spacial score (nSPS) is 23.0. The molecule has 1 heterocycles. The number of likely N-dealkylation sites (N-methyl/N-ethyl adjacent to an activating group) is 1. The van der Waals surface area contributed by atoms with Gasteiger partial charge in [0.15, 0.2) is 0 Å². The van der Waals surface area contributed by atoms with Gasteiger partial charge in [0.25, 0.3) is 0 Å². The molecule has 0 bridgehead atoms. The van der Waals surface area contributed by atoms with Crippen LogP contribution in [0.4, 0.5) is 4.79 Å². The number of carbonyl (C=O) groups excluding carboxylic acids is 3. The van der Waals surface area contributed by atoms with E-state index in [1.807, 2.05) is 41.5 Å². The number of nitrogens with one attached hydrogen (secondary N) is 2. The number of urea groups is 1. The molecule has 3 atom stereocenters. The molecule has 0 aromatic heterocycles. The summed E-state index contributed by atoms with van der Waals surface area (Å²) in [5.41, 5.74) is -0.853. The summed E-state index contributed by atoms with van der Waals surface area (Å²) >= 11 is 0. The lowest BCUT2D eigenvalue weighted by Crippen LogP contribution is -2.59. The molecule has 25 heavy (non-hydrogen) atoms. The molecule has 1 aliphatic heterocycles. The van der Waals surface area contributed by atoms with Gasteiger partial charge in [0.1, 0.15) is 6.04 Å². The van der Waals surface area contributed by atoms with E-state index in [0.29, 0.717) is 0 Å². The molecular weight excluding hydrogens is 324 g/mol. The Kier molecular flexibility index (Phi) is 6.23. The molecule has 0 aliphatic carbocycles. The van der Waals surface area contributed by atoms with E-state index in [4.69, 9.17) is 0 Å². The first kappa shape index (κ1) is 21.4. The van der Waals surface area contributed by atoms with E-state index in [9.17, 15) is 19.5 Å². The van der Waals surface area contributed by atoms with E-state index in [1.54, 1.807) is 6.92 Å². The van der Waals surface area contributed by atoms with Gasteiger partial charge in [-0.05, 0) is 48.5 Å². The van der Waals surface area contributed by atoms with Crippen LogP contribution >= 0.6 is 0 Å². The van der Waals surface area contributed by atoms with E-state index in [-0.39, 0.29) is 5.54 Å². The zero-order valence-corrected chi connectivity index (χ0v) is 16.5. The molecule has 1 unspecified atom stereocenters. The van der Waals surface area contributed by atoms with E-state index in [0.717, 1.165) is 4.90 Å². The van der Waals surface area contributed by atoms with E-state index >= 15 is 0 Å². The summed E-state index contributed by atoms with van der Waals surface area (Å²) in [6, 6.07) is -3.08. The summed E-state index contributed by atoms with van der Waals surface area (Å²) in [5.74, 6) is -0.947. The van der Waals surface area contributed by atoms with Crippen LogP contribution in [0.3, 0.4) is 0 Å². The van der Waals surface area contributed by atoms with Gasteiger partial charge < -0.3 is 20.6 Å². The zero-order chi connectivity index (χ0) is 19.7. The Labute approximate surface area is 149 Å². The van der Waals surface area contributed by atoms with Crippen LogP contribution in [0.5, 0.6) is 0 Å². The third kappa shape index (κ3) is 5.15. The lowest BCUT2D eigenvalue weighted by molar-refractivity contribution is -0.138. The van der Waals surface area contributed by atoms with Crippen molar-refractivity contribution in [2.75, 3.05) is 13.7 Å². The number of amides is 4. The number of aliphatic hydroxyl groups is 1. The third-order valence-corrected chi connectivity index (χ3v) is 3.86. The van der Waals surface area contributed by atoms with Gasteiger partial charge in [0.2, 0.25) is 11.8 Å². The van der Waals surface area contributed by atoms with Crippen LogP contribution in [-0.2, 0) is 9.59 Å². The molecule has 1 saturated heterocycles. The van der Waals surface area contributed by atoms with E-state index < -0.39 is 48.1 Å².